The summed E-state index contributed by atoms with van der Waals surface area (Å²) in [7, 11) is 1.98. The molecule has 0 atom stereocenters. The summed E-state index contributed by atoms with van der Waals surface area (Å²) in [6.45, 7) is 4.67. The SMILES string of the molecule is CNCC1CCN(C(=O)c2ccc(C)c(Cl)c2)CC1.Cl. The number of nitrogens with one attached hydrogen (secondary N) is 1. The lowest BCUT2D eigenvalue weighted by atomic mass is 9.96. The lowest BCUT2D eigenvalue weighted by Crippen LogP contribution is -2.40. The van der Waals surface area contributed by atoms with Gasteiger partial charge in [-0.05, 0) is 57.0 Å². The van der Waals surface area contributed by atoms with E-state index in [1.807, 2.05) is 31.0 Å². The van der Waals surface area contributed by atoms with Crippen LogP contribution < -0.4 is 5.32 Å². The second-order valence-corrected chi connectivity index (χ2v) is 5.66. The number of benzene rings is 1. The van der Waals surface area contributed by atoms with Crippen LogP contribution in [0.2, 0.25) is 5.02 Å². The predicted octanol–water partition coefficient (Wildman–Crippen LogP) is 3.14. The van der Waals surface area contributed by atoms with E-state index in [9.17, 15) is 4.79 Å². The highest BCUT2D eigenvalue weighted by atomic mass is 35.5. The average Bonchev–Trinajstić information content (AvgIpc) is 2.42. The normalized spacial score (nSPS) is 15.8. The molecular weight excluding hydrogens is 295 g/mol. The van der Waals surface area contributed by atoms with Gasteiger partial charge in [-0.1, -0.05) is 17.7 Å². The first-order valence-electron chi connectivity index (χ1n) is 6.82. The zero-order valence-corrected chi connectivity index (χ0v) is 13.6. The van der Waals surface area contributed by atoms with E-state index in [0.717, 1.165) is 38.0 Å². The van der Waals surface area contributed by atoms with Crippen molar-refractivity contribution in [2.45, 2.75) is 19.8 Å². The van der Waals surface area contributed by atoms with Gasteiger partial charge in [0, 0.05) is 23.7 Å². The number of amides is 1. The minimum absolute atomic E-state index is 0. The number of aryl methyl sites for hydroxylation is 1. The first-order valence-corrected chi connectivity index (χ1v) is 7.19. The van der Waals surface area contributed by atoms with Crippen LogP contribution in [0.25, 0.3) is 0 Å². The summed E-state index contributed by atoms with van der Waals surface area (Å²) in [5.74, 6) is 0.792. The third-order valence-electron chi connectivity index (χ3n) is 3.81. The quantitative estimate of drug-likeness (QED) is 0.929. The fourth-order valence-electron chi connectivity index (χ4n) is 2.54. The summed E-state index contributed by atoms with van der Waals surface area (Å²) in [6.07, 6.45) is 2.15. The number of nitrogens with zero attached hydrogens (tertiary/aromatic N) is 1. The summed E-state index contributed by atoms with van der Waals surface area (Å²) >= 11 is 6.08. The molecule has 20 heavy (non-hydrogen) atoms. The molecule has 1 heterocycles. The maximum Gasteiger partial charge on any atom is 0.253 e. The summed E-state index contributed by atoms with van der Waals surface area (Å²) in [5.41, 5.74) is 1.70. The van der Waals surface area contributed by atoms with Crippen LogP contribution in [0.5, 0.6) is 0 Å². The number of piperidine rings is 1. The van der Waals surface area contributed by atoms with Gasteiger partial charge in [0.05, 0.1) is 0 Å². The molecule has 5 heteroatoms. The number of hydrogen-bond acceptors (Lipinski definition) is 2. The number of rotatable bonds is 3. The zero-order valence-electron chi connectivity index (χ0n) is 12.0. The Morgan fingerprint density at radius 1 is 1.40 bits per heavy atom. The van der Waals surface area contributed by atoms with Gasteiger partial charge in [0.1, 0.15) is 0 Å². The largest absolute Gasteiger partial charge is 0.339 e. The van der Waals surface area contributed by atoms with E-state index in [4.69, 9.17) is 11.6 Å². The molecule has 1 fully saturated rings. The Labute approximate surface area is 132 Å². The first kappa shape index (κ1) is 17.3. The van der Waals surface area contributed by atoms with Crippen molar-refractivity contribution in [1.29, 1.82) is 0 Å². The van der Waals surface area contributed by atoms with Crippen LogP contribution in [-0.4, -0.2) is 37.5 Å². The third-order valence-corrected chi connectivity index (χ3v) is 4.22. The molecule has 1 aromatic rings. The summed E-state index contributed by atoms with van der Waals surface area (Å²) < 4.78 is 0. The van der Waals surface area contributed by atoms with Gasteiger partial charge in [0.25, 0.3) is 5.91 Å². The maximum atomic E-state index is 12.4. The molecule has 112 valence electrons. The standard InChI is InChI=1S/C15H21ClN2O.ClH/c1-11-3-4-13(9-14(11)16)15(19)18-7-5-12(6-8-18)10-17-2;/h3-4,9,12,17H,5-8,10H2,1-2H3;1H. The molecule has 3 nitrogen and oxygen atoms in total. The minimum atomic E-state index is 0. The van der Waals surface area contributed by atoms with E-state index < -0.39 is 0 Å². The first-order chi connectivity index (χ1) is 9.11. The number of carbonyl (C=O) groups is 1. The van der Waals surface area contributed by atoms with Gasteiger partial charge in [-0.25, -0.2) is 0 Å². The van der Waals surface area contributed by atoms with E-state index in [-0.39, 0.29) is 18.3 Å². The molecule has 2 rings (SSSR count). The highest BCUT2D eigenvalue weighted by molar-refractivity contribution is 6.31. The smallest absolute Gasteiger partial charge is 0.253 e. The molecule has 0 aromatic heterocycles. The van der Waals surface area contributed by atoms with Crippen molar-refractivity contribution >= 4 is 29.9 Å². The van der Waals surface area contributed by atoms with Crippen LogP contribution in [0.1, 0.15) is 28.8 Å². The fourth-order valence-corrected chi connectivity index (χ4v) is 2.72. The monoisotopic (exact) mass is 316 g/mol. The molecule has 0 radical (unpaired) electrons. The Bertz CT molecular complexity index is 457. The van der Waals surface area contributed by atoms with Crippen molar-refractivity contribution in [2.75, 3.05) is 26.7 Å². The van der Waals surface area contributed by atoms with Crippen LogP contribution in [0, 0.1) is 12.8 Å². The van der Waals surface area contributed by atoms with E-state index in [0.29, 0.717) is 16.5 Å². The second kappa shape index (κ2) is 7.87. The van der Waals surface area contributed by atoms with Crippen LogP contribution in [0.4, 0.5) is 0 Å². The highest BCUT2D eigenvalue weighted by Gasteiger charge is 2.23. The third kappa shape index (κ3) is 4.11. The van der Waals surface area contributed by atoms with Crippen molar-refractivity contribution in [3.8, 4) is 0 Å². The van der Waals surface area contributed by atoms with Gasteiger partial charge in [-0.15, -0.1) is 12.4 Å². The van der Waals surface area contributed by atoms with E-state index in [1.54, 1.807) is 6.07 Å². The average molecular weight is 317 g/mol. The summed E-state index contributed by atoms with van der Waals surface area (Å²) in [6, 6.07) is 5.55. The molecular formula is C15H22Cl2N2O. The van der Waals surface area contributed by atoms with E-state index in [1.165, 1.54) is 0 Å². The number of carbonyl (C=O) groups excluding carboxylic acids is 1. The van der Waals surface area contributed by atoms with Gasteiger partial charge in [-0.2, -0.15) is 0 Å². The van der Waals surface area contributed by atoms with Crippen LogP contribution in [0.3, 0.4) is 0 Å². The fraction of sp³-hybridized carbons (Fsp3) is 0.533. The molecule has 1 aliphatic heterocycles. The molecule has 1 N–H and O–H groups in total. The Kier molecular flexibility index (Phi) is 6.80. The molecule has 0 saturated carbocycles. The van der Waals surface area contributed by atoms with Crippen molar-refractivity contribution in [1.82, 2.24) is 10.2 Å². The zero-order chi connectivity index (χ0) is 13.8. The maximum absolute atomic E-state index is 12.4. The molecule has 0 unspecified atom stereocenters. The number of hydrogen-bond donors (Lipinski definition) is 1. The molecule has 0 bridgehead atoms. The van der Waals surface area contributed by atoms with Gasteiger partial charge >= 0.3 is 0 Å². The van der Waals surface area contributed by atoms with Gasteiger partial charge in [0.2, 0.25) is 0 Å². The Morgan fingerprint density at radius 2 is 2.05 bits per heavy atom. The van der Waals surface area contributed by atoms with Crippen molar-refractivity contribution in [3.05, 3.63) is 34.3 Å². The number of halogens is 2. The number of likely N-dealkylation sites (tertiary alicyclic amines) is 1. The molecule has 1 saturated heterocycles. The highest BCUT2D eigenvalue weighted by Crippen LogP contribution is 2.21. The predicted molar refractivity (Wildman–Crippen MR) is 86.0 cm³/mol. The van der Waals surface area contributed by atoms with Crippen molar-refractivity contribution in [2.24, 2.45) is 5.92 Å². The minimum Gasteiger partial charge on any atom is -0.339 e. The lowest BCUT2D eigenvalue weighted by Gasteiger charge is -2.32. The molecule has 1 aliphatic rings. The van der Waals surface area contributed by atoms with Gasteiger partial charge in [0.15, 0.2) is 0 Å². The van der Waals surface area contributed by atoms with E-state index >= 15 is 0 Å². The van der Waals surface area contributed by atoms with Crippen molar-refractivity contribution < 1.29 is 4.79 Å². The molecule has 0 spiro atoms. The summed E-state index contributed by atoms with van der Waals surface area (Å²) in [5, 5.41) is 3.87. The molecule has 1 amide bonds. The van der Waals surface area contributed by atoms with Crippen LogP contribution in [0.15, 0.2) is 18.2 Å². The Balaban J connectivity index is 0.00000200. The lowest BCUT2D eigenvalue weighted by molar-refractivity contribution is 0.0691. The molecule has 1 aromatic carbocycles. The second-order valence-electron chi connectivity index (χ2n) is 5.26. The molecule has 0 aliphatic carbocycles. The van der Waals surface area contributed by atoms with Crippen LogP contribution >= 0.6 is 24.0 Å². The van der Waals surface area contributed by atoms with Gasteiger partial charge in [-0.3, -0.25) is 4.79 Å². The van der Waals surface area contributed by atoms with Gasteiger partial charge < -0.3 is 10.2 Å². The van der Waals surface area contributed by atoms with Crippen molar-refractivity contribution in [3.63, 3.8) is 0 Å². The Morgan fingerprint density at radius 3 is 2.60 bits per heavy atom. The Hall–Kier alpha value is -0.770. The van der Waals surface area contributed by atoms with Crippen LogP contribution in [-0.2, 0) is 0 Å². The topological polar surface area (TPSA) is 32.3 Å². The van der Waals surface area contributed by atoms with E-state index in [2.05, 4.69) is 5.32 Å². The summed E-state index contributed by atoms with van der Waals surface area (Å²) in [4.78, 5) is 14.3.